The first kappa shape index (κ1) is 20.5. The van der Waals surface area contributed by atoms with Crippen LogP contribution in [0, 0.1) is 24.1 Å². The number of nitrogens with zero attached hydrogens (tertiary/aromatic N) is 3. The van der Waals surface area contributed by atoms with Crippen molar-refractivity contribution in [1.82, 2.24) is 10.1 Å². The van der Waals surface area contributed by atoms with Crippen molar-refractivity contribution in [3.8, 4) is 28.9 Å². The van der Waals surface area contributed by atoms with E-state index in [0.717, 1.165) is 22.4 Å². The Bertz CT molecular complexity index is 1400. The number of carbonyl (C=O) groups excluding carboxylic acids is 1. The van der Waals surface area contributed by atoms with E-state index < -0.39 is 5.82 Å². The lowest BCUT2D eigenvalue weighted by Gasteiger charge is -2.16. The number of rotatable bonds is 5. The van der Waals surface area contributed by atoms with Gasteiger partial charge in [0.1, 0.15) is 11.8 Å². The summed E-state index contributed by atoms with van der Waals surface area (Å²) in [6.07, 6.45) is 0. The Balaban J connectivity index is 1.37. The summed E-state index contributed by atoms with van der Waals surface area (Å²) < 4.78 is 25.4. The zero-order valence-electron chi connectivity index (χ0n) is 17.7. The van der Waals surface area contributed by atoms with Crippen LogP contribution in [-0.4, -0.2) is 16.0 Å². The molecule has 2 heterocycles. The molecule has 7 heteroatoms. The summed E-state index contributed by atoms with van der Waals surface area (Å²) in [7, 11) is 0. The number of carbonyl (C=O) groups is 1. The Morgan fingerprint density at radius 2 is 1.94 bits per heavy atom. The smallest absolute Gasteiger partial charge is 0.258 e. The van der Waals surface area contributed by atoms with E-state index in [1.54, 1.807) is 17.0 Å². The molecule has 33 heavy (non-hydrogen) atoms. The van der Waals surface area contributed by atoms with Gasteiger partial charge < -0.3 is 14.2 Å². The van der Waals surface area contributed by atoms with Crippen molar-refractivity contribution in [3.05, 3.63) is 100 Å². The molecular formula is C26H18FN3O3. The van der Waals surface area contributed by atoms with Crippen LogP contribution < -0.4 is 4.74 Å². The Labute approximate surface area is 189 Å². The highest BCUT2D eigenvalue weighted by atomic mass is 19.1. The van der Waals surface area contributed by atoms with Crippen molar-refractivity contribution >= 4 is 5.91 Å². The summed E-state index contributed by atoms with van der Waals surface area (Å²) in [5, 5.41) is 13.2. The fourth-order valence-corrected chi connectivity index (χ4v) is 3.90. The van der Waals surface area contributed by atoms with Crippen molar-refractivity contribution < 1.29 is 18.4 Å². The molecule has 4 aromatic rings. The second kappa shape index (κ2) is 8.24. The predicted molar refractivity (Wildman–Crippen MR) is 118 cm³/mol. The van der Waals surface area contributed by atoms with Crippen LogP contribution in [-0.2, 0) is 13.1 Å². The van der Waals surface area contributed by atoms with Crippen molar-refractivity contribution in [1.29, 1.82) is 5.26 Å². The summed E-state index contributed by atoms with van der Waals surface area (Å²) in [5.74, 6) is -0.118. The van der Waals surface area contributed by atoms with E-state index in [9.17, 15) is 14.4 Å². The van der Waals surface area contributed by atoms with E-state index in [2.05, 4.69) is 5.16 Å². The fraction of sp³-hybridized carbons (Fsp3) is 0.115. The first-order chi connectivity index (χ1) is 16.0. The minimum atomic E-state index is -0.656. The van der Waals surface area contributed by atoms with Gasteiger partial charge in [0.25, 0.3) is 5.91 Å². The first-order valence-corrected chi connectivity index (χ1v) is 10.3. The van der Waals surface area contributed by atoms with Gasteiger partial charge in [0, 0.05) is 24.7 Å². The molecule has 1 aromatic heterocycles. The minimum Gasteiger partial charge on any atom is -0.452 e. The normalized spacial score (nSPS) is 12.5. The molecule has 162 valence electrons. The van der Waals surface area contributed by atoms with Crippen molar-refractivity contribution in [2.24, 2.45) is 0 Å². The van der Waals surface area contributed by atoms with E-state index in [0.29, 0.717) is 24.4 Å². The van der Waals surface area contributed by atoms with Gasteiger partial charge in [-0.3, -0.25) is 4.79 Å². The van der Waals surface area contributed by atoms with Crippen LogP contribution in [0.1, 0.15) is 32.7 Å². The van der Waals surface area contributed by atoms with Gasteiger partial charge >= 0.3 is 0 Å². The van der Waals surface area contributed by atoms with E-state index in [1.807, 2.05) is 49.4 Å². The molecule has 3 aromatic carbocycles. The van der Waals surface area contributed by atoms with Gasteiger partial charge in [-0.25, -0.2) is 4.39 Å². The highest BCUT2D eigenvalue weighted by molar-refractivity contribution is 6.01. The number of fused-ring (bicyclic) bond motifs is 1. The van der Waals surface area contributed by atoms with Crippen LogP contribution in [0.15, 0.2) is 71.3 Å². The first-order valence-electron chi connectivity index (χ1n) is 10.3. The summed E-state index contributed by atoms with van der Waals surface area (Å²) in [4.78, 5) is 14.9. The van der Waals surface area contributed by atoms with Crippen molar-refractivity contribution in [3.63, 3.8) is 0 Å². The molecule has 0 saturated heterocycles. The Morgan fingerprint density at radius 3 is 2.67 bits per heavy atom. The quantitative estimate of drug-likeness (QED) is 0.404. The van der Waals surface area contributed by atoms with Gasteiger partial charge in [-0.05, 0) is 36.2 Å². The van der Waals surface area contributed by atoms with Crippen LogP contribution in [0.25, 0.3) is 11.3 Å². The fourth-order valence-electron chi connectivity index (χ4n) is 3.90. The lowest BCUT2D eigenvalue weighted by Crippen LogP contribution is -2.23. The molecule has 0 radical (unpaired) electrons. The van der Waals surface area contributed by atoms with Gasteiger partial charge in [-0.15, -0.1) is 0 Å². The number of aryl methyl sites for hydroxylation is 1. The van der Waals surface area contributed by atoms with Gasteiger partial charge in [0.2, 0.25) is 0 Å². The SMILES string of the molecule is Cc1cc(-c2ccc(CN3Cc4cccc(Oc5c(F)cccc5C#N)c4C3=O)cc2)on1. The maximum absolute atomic E-state index is 14.3. The zero-order chi connectivity index (χ0) is 22.9. The summed E-state index contributed by atoms with van der Waals surface area (Å²) in [6, 6.07) is 20.9. The highest BCUT2D eigenvalue weighted by Crippen LogP contribution is 2.36. The molecule has 0 fully saturated rings. The van der Waals surface area contributed by atoms with Gasteiger partial charge in [0.15, 0.2) is 17.3 Å². The lowest BCUT2D eigenvalue weighted by atomic mass is 10.1. The number of nitriles is 1. The predicted octanol–water partition coefficient (Wildman–Crippen LogP) is 5.61. The molecule has 0 atom stereocenters. The third-order valence-electron chi connectivity index (χ3n) is 5.51. The monoisotopic (exact) mass is 439 g/mol. The molecule has 0 N–H and O–H groups in total. The molecule has 1 aliphatic heterocycles. The maximum Gasteiger partial charge on any atom is 0.258 e. The number of halogens is 1. The topological polar surface area (TPSA) is 79.4 Å². The number of para-hydroxylation sites is 1. The van der Waals surface area contributed by atoms with Gasteiger partial charge in [-0.2, -0.15) is 5.26 Å². The third kappa shape index (κ3) is 3.83. The number of hydrogen-bond donors (Lipinski definition) is 0. The molecule has 0 unspecified atom stereocenters. The summed E-state index contributed by atoms with van der Waals surface area (Å²) in [6.45, 7) is 2.69. The highest BCUT2D eigenvalue weighted by Gasteiger charge is 2.31. The largest absolute Gasteiger partial charge is 0.452 e. The van der Waals surface area contributed by atoms with Crippen molar-refractivity contribution in [2.75, 3.05) is 0 Å². The minimum absolute atomic E-state index is 0.0666. The molecule has 1 aliphatic rings. The van der Waals surface area contributed by atoms with E-state index in [1.165, 1.54) is 18.2 Å². The standard InChI is InChI=1S/C26H18FN3O3/c1-16-12-23(33-29-16)18-10-8-17(9-11-18)14-30-15-20-5-3-7-22(24(20)26(30)31)32-25-19(13-28)4-2-6-21(25)27/h2-12H,14-15H2,1H3. The average molecular weight is 439 g/mol. The summed E-state index contributed by atoms with van der Waals surface area (Å²) >= 11 is 0. The Kier molecular flexibility index (Phi) is 5.11. The lowest BCUT2D eigenvalue weighted by molar-refractivity contribution is 0.0764. The van der Waals surface area contributed by atoms with E-state index in [-0.39, 0.29) is 23.0 Å². The molecule has 6 nitrogen and oxygen atoms in total. The van der Waals surface area contributed by atoms with E-state index >= 15 is 0 Å². The van der Waals surface area contributed by atoms with Crippen LogP contribution in [0.4, 0.5) is 4.39 Å². The number of hydrogen-bond acceptors (Lipinski definition) is 5. The van der Waals surface area contributed by atoms with Crippen LogP contribution in [0.2, 0.25) is 0 Å². The summed E-state index contributed by atoms with van der Waals surface area (Å²) in [5.41, 5.74) is 3.92. The van der Waals surface area contributed by atoms with Crippen molar-refractivity contribution in [2.45, 2.75) is 20.0 Å². The van der Waals surface area contributed by atoms with Gasteiger partial charge in [-0.1, -0.05) is 47.6 Å². The molecule has 5 rings (SSSR count). The molecular weight excluding hydrogens is 421 g/mol. The molecule has 0 aliphatic carbocycles. The van der Waals surface area contributed by atoms with Gasteiger partial charge in [0.05, 0.1) is 16.8 Å². The molecule has 0 bridgehead atoms. The second-order valence-corrected chi connectivity index (χ2v) is 7.81. The zero-order valence-corrected chi connectivity index (χ0v) is 17.7. The number of benzene rings is 3. The van der Waals surface area contributed by atoms with Crippen LogP contribution in [0.3, 0.4) is 0 Å². The molecule has 0 saturated carbocycles. The molecule has 1 amide bonds. The number of aromatic nitrogens is 1. The average Bonchev–Trinajstić information content (AvgIpc) is 3.39. The maximum atomic E-state index is 14.3. The second-order valence-electron chi connectivity index (χ2n) is 7.81. The van der Waals surface area contributed by atoms with Crippen LogP contribution >= 0.6 is 0 Å². The van der Waals surface area contributed by atoms with E-state index in [4.69, 9.17) is 9.26 Å². The number of ether oxygens (including phenoxy) is 1. The molecule has 0 spiro atoms. The van der Waals surface area contributed by atoms with Crippen LogP contribution in [0.5, 0.6) is 11.5 Å². The Morgan fingerprint density at radius 1 is 1.15 bits per heavy atom. The third-order valence-corrected chi connectivity index (χ3v) is 5.51. The Hall–Kier alpha value is -4.44. The number of amides is 1.